The molecule has 2 rings (SSSR count). The molecule has 0 unspecified atom stereocenters. The smallest absolute Gasteiger partial charge is 0.0995 e. The van der Waals surface area contributed by atoms with Crippen molar-refractivity contribution in [1.82, 2.24) is 4.98 Å². The van der Waals surface area contributed by atoms with E-state index in [0.717, 1.165) is 6.42 Å². The molecule has 1 aromatic rings. The molecule has 0 spiro atoms. The van der Waals surface area contributed by atoms with Crippen molar-refractivity contribution in [3.05, 3.63) is 23.4 Å². The minimum absolute atomic E-state index is 1.05. The van der Waals surface area contributed by atoms with Gasteiger partial charge in [-0.1, -0.05) is 13.0 Å². The van der Waals surface area contributed by atoms with Crippen LogP contribution in [0, 0.1) is 0 Å². The summed E-state index contributed by atoms with van der Waals surface area (Å²) in [6, 6.07) is 4.37. The summed E-state index contributed by atoms with van der Waals surface area (Å²) >= 11 is 1.89. The highest BCUT2D eigenvalue weighted by Gasteiger charge is 2.11. The molecule has 0 saturated heterocycles. The molecule has 0 saturated carbocycles. The maximum Gasteiger partial charge on any atom is 0.0995 e. The second-order valence-electron chi connectivity index (χ2n) is 2.72. The van der Waals surface area contributed by atoms with E-state index in [1.54, 1.807) is 0 Å². The molecule has 0 aromatic carbocycles. The van der Waals surface area contributed by atoms with Gasteiger partial charge in [-0.15, -0.1) is 11.8 Å². The van der Waals surface area contributed by atoms with Gasteiger partial charge >= 0.3 is 0 Å². The lowest BCUT2D eigenvalue weighted by Crippen LogP contribution is -1.89. The van der Waals surface area contributed by atoms with Gasteiger partial charge in [-0.25, -0.2) is 4.98 Å². The normalized spacial score (nSPS) is 15.0. The number of rotatable bonds is 1. The molecule has 1 nitrogen and oxygen atoms in total. The maximum atomic E-state index is 4.53. The Balaban J connectivity index is 2.41. The number of hydrogen-bond acceptors (Lipinski definition) is 2. The average Bonchev–Trinajstić information content (AvgIpc) is 2.50. The van der Waals surface area contributed by atoms with E-state index >= 15 is 0 Å². The molecule has 0 atom stereocenters. The summed E-state index contributed by atoms with van der Waals surface area (Å²) in [5.41, 5.74) is 2.66. The standard InChI is InChI=1S/C9H11NS/c1-2-8-4-3-7-5-6-11-9(7)10-8/h3-4H,2,5-6H2,1H3. The number of aromatic nitrogens is 1. The first-order valence-corrected chi connectivity index (χ1v) is 5.00. The van der Waals surface area contributed by atoms with Gasteiger partial charge in [0.15, 0.2) is 0 Å². The van der Waals surface area contributed by atoms with E-state index in [-0.39, 0.29) is 0 Å². The van der Waals surface area contributed by atoms with E-state index in [9.17, 15) is 0 Å². The molecule has 0 fully saturated rings. The van der Waals surface area contributed by atoms with Crippen LogP contribution < -0.4 is 0 Å². The average molecular weight is 165 g/mol. The predicted octanol–water partition coefficient (Wildman–Crippen LogP) is 2.29. The lowest BCUT2D eigenvalue weighted by molar-refractivity contribution is 0.946. The van der Waals surface area contributed by atoms with Crippen LogP contribution in [0.5, 0.6) is 0 Å². The fourth-order valence-electron chi connectivity index (χ4n) is 1.28. The Kier molecular flexibility index (Phi) is 1.86. The summed E-state index contributed by atoms with van der Waals surface area (Å²) in [5.74, 6) is 1.22. The lowest BCUT2D eigenvalue weighted by atomic mass is 10.2. The Hall–Kier alpha value is -0.500. The highest BCUT2D eigenvalue weighted by atomic mass is 32.2. The van der Waals surface area contributed by atoms with Crippen molar-refractivity contribution < 1.29 is 0 Å². The SMILES string of the molecule is CCc1ccc2c(n1)SCC2. The third-order valence-corrected chi connectivity index (χ3v) is 3.00. The van der Waals surface area contributed by atoms with E-state index < -0.39 is 0 Å². The summed E-state index contributed by atoms with van der Waals surface area (Å²) in [7, 11) is 0. The maximum absolute atomic E-state index is 4.53. The molecule has 11 heavy (non-hydrogen) atoms. The van der Waals surface area contributed by atoms with Gasteiger partial charge in [0.05, 0.1) is 5.03 Å². The molecule has 1 aliphatic rings. The first kappa shape index (κ1) is 7.17. The number of nitrogens with zero attached hydrogens (tertiary/aromatic N) is 1. The van der Waals surface area contributed by atoms with Crippen LogP contribution in [0.25, 0.3) is 0 Å². The monoisotopic (exact) mass is 165 g/mol. The van der Waals surface area contributed by atoms with Crippen LogP contribution in [0.3, 0.4) is 0 Å². The van der Waals surface area contributed by atoms with Gasteiger partial charge in [-0.3, -0.25) is 0 Å². The van der Waals surface area contributed by atoms with Crippen molar-refractivity contribution in [2.75, 3.05) is 5.75 Å². The Morgan fingerprint density at radius 1 is 1.55 bits per heavy atom. The molecule has 0 N–H and O–H groups in total. The molecule has 0 bridgehead atoms. The van der Waals surface area contributed by atoms with E-state index in [4.69, 9.17) is 0 Å². The third-order valence-electron chi connectivity index (χ3n) is 1.97. The third kappa shape index (κ3) is 1.27. The van der Waals surface area contributed by atoms with Crippen LogP contribution in [0.2, 0.25) is 0 Å². The number of thioether (sulfide) groups is 1. The van der Waals surface area contributed by atoms with Crippen molar-refractivity contribution in [2.24, 2.45) is 0 Å². The van der Waals surface area contributed by atoms with Crippen molar-refractivity contribution in [3.8, 4) is 0 Å². The number of hydrogen-bond donors (Lipinski definition) is 0. The van der Waals surface area contributed by atoms with Gasteiger partial charge in [0.2, 0.25) is 0 Å². The molecular weight excluding hydrogens is 154 g/mol. The largest absolute Gasteiger partial charge is 0.246 e. The van der Waals surface area contributed by atoms with Crippen molar-refractivity contribution in [2.45, 2.75) is 24.8 Å². The summed E-state index contributed by atoms with van der Waals surface area (Å²) in [6.07, 6.45) is 2.25. The summed E-state index contributed by atoms with van der Waals surface area (Å²) < 4.78 is 0. The van der Waals surface area contributed by atoms with E-state index in [1.807, 2.05) is 11.8 Å². The molecule has 0 radical (unpaired) electrons. The Morgan fingerprint density at radius 3 is 3.27 bits per heavy atom. The minimum Gasteiger partial charge on any atom is -0.246 e. The Labute approximate surface area is 71.2 Å². The summed E-state index contributed by atoms with van der Waals surface area (Å²) in [4.78, 5) is 4.53. The fourth-order valence-corrected chi connectivity index (χ4v) is 2.33. The zero-order valence-electron chi connectivity index (χ0n) is 6.63. The van der Waals surface area contributed by atoms with E-state index in [2.05, 4.69) is 24.0 Å². The molecule has 1 aromatic heterocycles. The number of pyridine rings is 1. The van der Waals surface area contributed by atoms with Gasteiger partial charge in [0.25, 0.3) is 0 Å². The summed E-state index contributed by atoms with van der Waals surface area (Å²) in [5, 5.41) is 1.27. The zero-order chi connectivity index (χ0) is 7.68. The molecule has 2 heteroatoms. The van der Waals surface area contributed by atoms with Gasteiger partial charge in [-0.2, -0.15) is 0 Å². The predicted molar refractivity (Wildman–Crippen MR) is 48.0 cm³/mol. The molecule has 1 aliphatic heterocycles. The Bertz CT molecular complexity index is 270. The fraction of sp³-hybridized carbons (Fsp3) is 0.444. The van der Waals surface area contributed by atoms with Crippen LogP contribution in [0.15, 0.2) is 17.2 Å². The highest BCUT2D eigenvalue weighted by molar-refractivity contribution is 7.99. The van der Waals surface area contributed by atoms with Gasteiger partial charge < -0.3 is 0 Å². The van der Waals surface area contributed by atoms with Crippen LogP contribution in [0.1, 0.15) is 18.2 Å². The highest BCUT2D eigenvalue weighted by Crippen LogP contribution is 2.29. The zero-order valence-corrected chi connectivity index (χ0v) is 7.45. The van der Waals surface area contributed by atoms with Crippen molar-refractivity contribution in [1.29, 1.82) is 0 Å². The topological polar surface area (TPSA) is 12.9 Å². The second-order valence-corrected chi connectivity index (χ2v) is 3.80. The van der Waals surface area contributed by atoms with Gasteiger partial charge in [0, 0.05) is 11.4 Å². The van der Waals surface area contributed by atoms with E-state index in [1.165, 1.54) is 28.5 Å². The van der Waals surface area contributed by atoms with Gasteiger partial charge in [0.1, 0.15) is 0 Å². The molecule has 2 heterocycles. The van der Waals surface area contributed by atoms with Crippen LogP contribution in [-0.2, 0) is 12.8 Å². The molecule has 0 amide bonds. The lowest BCUT2D eigenvalue weighted by Gasteiger charge is -1.99. The number of fused-ring (bicyclic) bond motifs is 1. The molecular formula is C9H11NS. The number of aryl methyl sites for hydroxylation is 2. The van der Waals surface area contributed by atoms with Gasteiger partial charge in [-0.05, 0) is 24.5 Å². The molecule has 0 aliphatic carbocycles. The minimum atomic E-state index is 1.05. The second kappa shape index (κ2) is 2.86. The van der Waals surface area contributed by atoms with Crippen molar-refractivity contribution in [3.63, 3.8) is 0 Å². The van der Waals surface area contributed by atoms with Crippen LogP contribution in [0.4, 0.5) is 0 Å². The first-order chi connectivity index (χ1) is 5.40. The van der Waals surface area contributed by atoms with Crippen molar-refractivity contribution >= 4 is 11.8 Å². The van der Waals surface area contributed by atoms with E-state index in [0.29, 0.717) is 0 Å². The quantitative estimate of drug-likeness (QED) is 0.633. The Morgan fingerprint density at radius 2 is 2.45 bits per heavy atom. The summed E-state index contributed by atoms with van der Waals surface area (Å²) in [6.45, 7) is 2.15. The van der Waals surface area contributed by atoms with Crippen LogP contribution >= 0.6 is 11.8 Å². The van der Waals surface area contributed by atoms with Crippen LogP contribution in [-0.4, -0.2) is 10.7 Å². The molecule has 58 valence electrons. The first-order valence-electron chi connectivity index (χ1n) is 4.01.